The van der Waals surface area contributed by atoms with Gasteiger partial charge in [0.25, 0.3) is 0 Å². The second-order valence-electron chi connectivity index (χ2n) is 6.56. The van der Waals surface area contributed by atoms with E-state index in [0.717, 1.165) is 45.7 Å². The third-order valence-electron chi connectivity index (χ3n) is 3.79. The first kappa shape index (κ1) is 17.2. The Labute approximate surface area is 123 Å². The van der Waals surface area contributed by atoms with Gasteiger partial charge in [0, 0.05) is 31.7 Å². The molecule has 0 atom stereocenters. The summed E-state index contributed by atoms with van der Waals surface area (Å²) in [6.45, 7) is 13.6. The zero-order valence-electron chi connectivity index (χ0n) is 13.5. The van der Waals surface area contributed by atoms with Gasteiger partial charge in [-0.3, -0.25) is 4.90 Å². The number of amides is 2. The minimum atomic E-state index is -0.0601. The van der Waals surface area contributed by atoms with Crippen LogP contribution in [0.25, 0.3) is 0 Å². The van der Waals surface area contributed by atoms with Crippen LogP contribution in [0.4, 0.5) is 4.79 Å². The van der Waals surface area contributed by atoms with Gasteiger partial charge in [-0.15, -0.1) is 0 Å². The summed E-state index contributed by atoms with van der Waals surface area (Å²) in [5.41, 5.74) is -0.0287. The summed E-state index contributed by atoms with van der Waals surface area (Å²) in [5, 5.41) is 5.90. The van der Waals surface area contributed by atoms with Crippen molar-refractivity contribution in [3.05, 3.63) is 0 Å². The van der Waals surface area contributed by atoms with Crippen LogP contribution in [-0.4, -0.2) is 55.9 Å². The number of ether oxygens (including phenoxy) is 1. The molecule has 0 saturated carbocycles. The molecular formula is C15H31N3O2. The fraction of sp³-hybridized carbons (Fsp3) is 0.933. The van der Waals surface area contributed by atoms with E-state index in [0.29, 0.717) is 12.5 Å². The molecule has 1 saturated heterocycles. The third kappa shape index (κ3) is 6.57. The molecule has 5 nitrogen and oxygen atoms in total. The van der Waals surface area contributed by atoms with Crippen molar-refractivity contribution in [3.8, 4) is 0 Å². The molecule has 0 aromatic heterocycles. The fourth-order valence-corrected chi connectivity index (χ4v) is 2.35. The zero-order chi connectivity index (χ0) is 15.0. The quantitative estimate of drug-likeness (QED) is 0.702. The van der Waals surface area contributed by atoms with Crippen molar-refractivity contribution in [2.24, 2.45) is 5.92 Å². The normalized spacial score (nSPS) is 17.2. The topological polar surface area (TPSA) is 53.6 Å². The molecule has 0 spiro atoms. The molecule has 0 unspecified atom stereocenters. The molecule has 1 heterocycles. The first-order valence-corrected chi connectivity index (χ1v) is 7.76. The molecule has 2 N–H and O–H groups in total. The molecule has 118 valence electrons. The van der Waals surface area contributed by atoms with Crippen LogP contribution in [0.1, 0.15) is 40.5 Å². The van der Waals surface area contributed by atoms with Crippen molar-refractivity contribution in [3.63, 3.8) is 0 Å². The van der Waals surface area contributed by atoms with Crippen LogP contribution in [0.15, 0.2) is 0 Å². The summed E-state index contributed by atoms with van der Waals surface area (Å²) in [6, 6.07) is -0.0601. The monoisotopic (exact) mass is 285 g/mol. The SMILES string of the molecule is CC(C)CCCNC(=O)NCC(C)(C)N1CCOCC1. The lowest BCUT2D eigenvalue weighted by molar-refractivity contribution is -0.00874. The largest absolute Gasteiger partial charge is 0.379 e. The highest BCUT2D eigenvalue weighted by molar-refractivity contribution is 5.73. The summed E-state index contributed by atoms with van der Waals surface area (Å²) >= 11 is 0. The maximum absolute atomic E-state index is 11.8. The number of carbonyl (C=O) groups excluding carboxylic acids is 1. The molecule has 1 rings (SSSR count). The average molecular weight is 285 g/mol. The summed E-state index contributed by atoms with van der Waals surface area (Å²) in [5.74, 6) is 0.695. The summed E-state index contributed by atoms with van der Waals surface area (Å²) in [7, 11) is 0. The van der Waals surface area contributed by atoms with Gasteiger partial charge in [0.1, 0.15) is 0 Å². The Morgan fingerprint density at radius 3 is 2.50 bits per heavy atom. The second kappa shape index (κ2) is 8.47. The molecule has 1 fully saturated rings. The lowest BCUT2D eigenvalue weighted by Gasteiger charge is -2.40. The Kier molecular flexibility index (Phi) is 7.30. The molecular weight excluding hydrogens is 254 g/mol. The van der Waals surface area contributed by atoms with Crippen molar-refractivity contribution < 1.29 is 9.53 Å². The van der Waals surface area contributed by atoms with Gasteiger partial charge in [0.15, 0.2) is 0 Å². The van der Waals surface area contributed by atoms with E-state index in [4.69, 9.17) is 4.74 Å². The number of rotatable bonds is 7. The molecule has 20 heavy (non-hydrogen) atoms. The molecule has 0 aromatic carbocycles. The lowest BCUT2D eigenvalue weighted by atomic mass is 10.0. The van der Waals surface area contributed by atoms with E-state index < -0.39 is 0 Å². The number of hydrogen-bond donors (Lipinski definition) is 2. The Bertz CT molecular complexity index is 287. The van der Waals surface area contributed by atoms with E-state index in [1.807, 2.05) is 0 Å². The van der Waals surface area contributed by atoms with E-state index in [1.165, 1.54) is 0 Å². The van der Waals surface area contributed by atoms with E-state index in [9.17, 15) is 4.79 Å². The smallest absolute Gasteiger partial charge is 0.314 e. The van der Waals surface area contributed by atoms with Crippen LogP contribution in [0.2, 0.25) is 0 Å². The maximum Gasteiger partial charge on any atom is 0.314 e. The Balaban J connectivity index is 2.18. The average Bonchev–Trinajstić information content (AvgIpc) is 2.42. The molecule has 2 amide bonds. The molecule has 0 aliphatic carbocycles. The predicted octanol–water partition coefficient (Wildman–Crippen LogP) is 1.83. The van der Waals surface area contributed by atoms with Crippen molar-refractivity contribution in [1.82, 2.24) is 15.5 Å². The predicted molar refractivity (Wildman–Crippen MR) is 81.9 cm³/mol. The van der Waals surface area contributed by atoms with Crippen molar-refractivity contribution in [2.75, 3.05) is 39.4 Å². The van der Waals surface area contributed by atoms with Gasteiger partial charge < -0.3 is 15.4 Å². The number of hydrogen-bond acceptors (Lipinski definition) is 3. The van der Waals surface area contributed by atoms with Crippen LogP contribution >= 0.6 is 0 Å². The van der Waals surface area contributed by atoms with E-state index in [2.05, 4.69) is 43.2 Å². The lowest BCUT2D eigenvalue weighted by Crippen LogP contribution is -2.56. The van der Waals surface area contributed by atoms with E-state index in [1.54, 1.807) is 0 Å². The van der Waals surface area contributed by atoms with Crippen LogP contribution in [0.5, 0.6) is 0 Å². The standard InChI is InChI=1S/C15H31N3O2/c1-13(2)6-5-7-16-14(19)17-12-15(3,4)18-8-10-20-11-9-18/h13H,5-12H2,1-4H3,(H2,16,17,19). The minimum Gasteiger partial charge on any atom is -0.379 e. The van der Waals surface area contributed by atoms with Gasteiger partial charge in [-0.1, -0.05) is 13.8 Å². The highest BCUT2D eigenvalue weighted by atomic mass is 16.5. The Morgan fingerprint density at radius 1 is 1.25 bits per heavy atom. The Morgan fingerprint density at radius 2 is 1.90 bits per heavy atom. The van der Waals surface area contributed by atoms with Gasteiger partial charge in [-0.05, 0) is 32.6 Å². The molecule has 0 bridgehead atoms. The third-order valence-corrected chi connectivity index (χ3v) is 3.79. The first-order chi connectivity index (χ1) is 9.42. The molecule has 1 aliphatic heterocycles. The number of urea groups is 1. The van der Waals surface area contributed by atoms with Crippen molar-refractivity contribution in [2.45, 2.75) is 46.1 Å². The molecule has 0 radical (unpaired) electrons. The van der Waals surface area contributed by atoms with E-state index >= 15 is 0 Å². The van der Waals surface area contributed by atoms with E-state index in [-0.39, 0.29) is 11.6 Å². The van der Waals surface area contributed by atoms with Gasteiger partial charge in [-0.2, -0.15) is 0 Å². The van der Waals surface area contributed by atoms with Crippen molar-refractivity contribution >= 4 is 6.03 Å². The van der Waals surface area contributed by atoms with Crippen LogP contribution in [0, 0.1) is 5.92 Å². The molecule has 1 aliphatic rings. The van der Waals surface area contributed by atoms with Crippen LogP contribution < -0.4 is 10.6 Å². The van der Waals surface area contributed by atoms with Crippen molar-refractivity contribution in [1.29, 1.82) is 0 Å². The van der Waals surface area contributed by atoms with Crippen LogP contribution in [0.3, 0.4) is 0 Å². The number of carbonyl (C=O) groups is 1. The summed E-state index contributed by atoms with van der Waals surface area (Å²) < 4.78 is 5.36. The van der Waals surface area contributed by atoms with Gasteiger partial charge in [0.05, 0.1) is 13.2 Å². The molecule has 0 aromatic rings. The summed E-state index contributed by atoms with van der Waals surface area (Å²) in [4.78, 5) is 14.1. The van der Waals surface area contributed by atoms with Gasteiger partial charge >= 0.3 is 6.03 Å². The Hall–Kier alpha value is -0.810. The van der Waals surface area contributed by atoms with Crippen LogP contribution in [-0.2, 0) is 4.74 Å². The maximum atomic E-state index is 11.8. The van der Waals surface area contributed by atoms with Gasteiger partial charge in [-0.25, -0.2) is 4.79 Å². The summed E-state index contributed by atoms with van der Waals surface area (Å²) in [6.07, 6.45) is 2.19. The minimum absolute atomic E-state index is 0.0287. The second-order valence-corrected chi connectivity index (χ2v) is 6.56. The number of morpholine rings is 1. The number of nitrogens with one attached hydrogen (secondary N) is 2. The zero-order valence-corrected chi connectivity index (χ0v) is 13.5. The highest BCUT2D eigenvalue weighted by Gasteiger charge is 2.28. The molecule has 5 heteroatoms. The highest BCUT2D eigenvalue weighted by Crippen LogP contribution is 2.14. The first-order valence-electron chi connectivity index (χ1n) is 7.76. The fourth-order valence-electron chi connectivity index (χ4n) is 2.35. The number of nitrogens with zero attached hydrogens (tertiary/aromatic N) is 1. The van der Waals surface area contributed by atoms with Gasteiger partial charge in [0.2, 0.25) is 0 Å².